The smallest absolute Gasteiger partial charge is 0.146 e. The highest BCUT2D eigenvalue weighted by Crippen LogP contribution is 2.32. The maximum Gasteiger partial charge on any atom is 0.146 e. The number of halogens is 4. The fourth-order valence-corrected chi connectivity index (χ4v) is 1.84. The third-order valence-corrected chi connectivity index (χ3v) is 2.86. The van der Waals surface area contributed by atoms with Crippen LogP contribution in [-0.2, 0) is 5.88 Å². The van der Waals surface area contributed by atoms with Crippen LogP contribution in [0.2, 0.25) is 5.02 Å². The van der Waals surface area contributed by atoms with Crippen LogP contribution in [0.5, 0.6) is 11.5 Å². The summed E-state index contributed by atoms with van der Waals surface area (Å²) in [4.78, 5) is 0. The van der Waals surface area contributed by atoms with Gasteiger partial charge in [0.2, 0.25) is 0 Å². The first-order valence-corrected chi connectivity index (χ1v) is 5.98. The summed E-state index contributed by atoms with van der Waals surface area (Å²) < 4.78 is 31.4. The van der Waals surface area contributed by atoms with Crippen molar-refractivity contribution in [1.29, 1.82) is 0 Å². The average molecular weight is 289 g/mol. The summed E-state index contributed by atoms with van der Waals surface area (Å²) in [5.74, 6) is -0.0745. The van der Waals surface area contributed by atoms with E-state index in [4.69, 9.17) is 27.9 Å². The van der Waals surface area contributed by atoms with Gasteiger partial charge in [-0.15, -0.1) is 11.6 Å². The minimum atomic E-state index is -0.455. The molecule has 0 spiro atoms. The van der Waals surface area contributed by atoms with E-state index in [2.05, 4.69) is 0 Å². The summed E-state index contributed by atoms with van der Waals surface area (Å²) in [6.45, 7) is 0. The van der Waals surface area contributed by atoms with Crippen LogP contribution in [-0.4, -0.2) is 0 Å². The largest absolute Gasteiger partial charge is 0.455 e. The van der Waals surface area contributed by atoms with Crippen LogP contribution < -0.4 is 4.74 Å². The summed E-state index contributed by atoms with van der Waals surface area (Å²) in [7, 11) is 0. The Morgan fingerprint density at radius 3 is 2.17 bits per heavy atom. The monoisotopic (exact) mass is 288 g/mol. The number of hydrogen-bond acceptors (Lipinski definition) is 1. The van der Waals surface area contributed by atoms with Gasteiger partial charge in [-0.25, -0.2) is 8.78 Å². The zero-order valence-electron chi connectivity index (χ0n) is 9.09. The van der Waals surface area contributed by atoms with E-state index in [0.29, 0.717) is 11.3 Å². The van der Waals surface area contributed by atoms with Crippen molar-refractivity contribution in [3.8, 4) is 11.5 Å². The van der Waals surface area contributed by atoms with Crippen LogP contribution in [0.1, 0.15) is 5.56 Å². The van der Waals surface area contributed by atoms with Crippen molar-refractivity contribution in [2.24, 2.45) is 0 Å². The number of hydrogen-bond donors (Lipinski definition) is 0. The van der Waals surface area contributed by atoms with Crippen molar-refractivity contribution in [2.45, 2.75) is 5.88 Å². The van der Waals surface area contributed by atoms with Crippen molar-refractivity contribution >= 4 is 23.2 Å². The van der Waals surface area contributed by atoms with Gasteiger partial charge in [0, 0.05) is 5.56 Å². The molecule has 94 valence electrons. The van der Waals surface area contributed by atoms with E-state index in [1.165, 1.54) is 30.3 Å². The first-order valence-electron chi connectivity index (χ1n) is 5.07. The summed E-state index contributed by atoms with van der Waals surface area (Å²) in [5.41, 5.74) is 0.497. The Labute approximate surface area is 113 Å². The summed E-state index contributed by atoms with van der Waals surface area (Å²) in [5, 5.41) is 0.139. The van der Waals surface area contributed by atoms with Gasteiger partial charge in [-0.2, -0.15) is 0 Å². The Hall–Kier alpha value is -1.32. The Bertz CT molecular complexity index is 573. The highest BCUT2D eigenvalue weighted by atomic mass is 35.5. The molecule has 0 saturated carbocycles. The molecule has 0 atom stereocenters. The van der Waals surface area contributed by atoms with E-state index >= 15 is 0 Å². The molecule has 0 bridgehead atoms. The van der Waals surface area contributed by atoms with E-state index < -0.39 is 11.6 Å². The molecule has 0 heterocycles. The standard InChI is InChI=1S/C13H8Cl2F2O/c14-7-8-5-9(16)1-3-12(8)18-13-4-2-10(17)6-11(13)15/h1-6H,7H2. The first-order chi connectivity index (χ1) is 8.60. The highest BCUT2D eigenvalue weighted by Gasteiger charge is 2.09. The fraction of sp³-hybridized carbons (Fsp3) is 0.0769. The van der Waals surface area contributed by atoms with Crippen LogP contribution in [0.4, 0.5) is 8.78 Å². The molecule has 5 heteroatoms. The van der Waals surface area contributed by atoms with Gasteiger partial charge in [-0.05, 0) is 36.4 Å². The zero-order chi connectivity index (χ0) is 13.1. The third-order valence-electron chi connectivity index (χ3n) is 2.28. The predicted molar refractivity (Wildman–Crippen MR) is 67.4 cm³/mol. The maximum atomic E-state index is 13.0. The summed E-state index contributed by atoms with van der Waals surface area (Å²) >= 11 is 11.5. The van der Waals surface area contributed by atoms with Crippen LogP contribution in [0.15, 0.2) is 36.4 Å². The van der Waals surface area contributed by atoms with Gasteiger partial charge in [0.25, 0.3) is 0 Å². The van der Waals surface area contributed by atoms with Gasteiger partial charge < -0.3 is 4.74 Å². The molecular weight excluding hydrogens is 281 g/mol. The Morgan fingerprint density at radius 1 is 0.944 bits per heavy atom. The normalized spacial score (nSPS) is 10.4. The molecule has 2 aromatic rings. The molecular formula is C13H8Cl2F2O. The second-order valence-corrected chi connectivity index (χ2v) is 4.24. The van der Waals surface area contributed by atoms with Crippen molar-refractivity contribution < 1.29 is 13.5 Å². The van der Waals surface area contributed by atoms with Crippen molar-refractivity contribution in [2.75, 3.05) is 0 Å². The van der Waals surface area contributed by atoms with E-state index in [0.717, 1.165) is 6.07 Å². The third kappa shape index (κ3) is 2.92. The lowest BCUT2D eigenvalue weighted by Crippen LogP contribution is -1.92. The van der Waals surface area contributed by atoms with E-state index in [-0.39, 0.29) is 16.7 Å². The number of alkyl halides is 1. The molecule has 0 N–H and O–H groups in total. The van der Waals surface area contributed by atoms with Gasteiger partial charge in [0.1, 0.15) is 23.1 Å². The quantitative estimate of drug-likeness (QED) is 0.710. The van der Waals surface area contributed by atoms with E-state index in [9.17, 15) is 8.78 Å². The molecule has 0 radical (unpaired) electrons. The molecule has 0 aliphatic rings. The number of rotatable bonds is 3. The molecule has 2 aromatic carbocycles. The van der Waals surface area contributed by atoms with Gasteiger partial charge in [-0.1, -0.05) is 11.6 Å². The SMILES string of the molecule is Fc1ccc(Oc2ccc(F)cc2CCl)c(Cl)c1. The van der Waals surface area contributed by atoms with Crippen LogP contribution in [0, 0.1) is 11.6 Å². The summed E-state index contributed by atoms with van der Waals surface area (Å²) in [6.07, 6.45) is 0. The number of ether oxygens (including phenoxy) is 1. The van der Waals surface area contributed by atoms with Gasteiger partial charge in [0.05, 0.1) is 10.9 Å². The van der Waals surface area contributed by atoms with Crippen molar-refractivity contribution in [3.05, 3.63) is 58.6 Å². The van der Waals surface area contributed by atoms with Crippen LogP contribution in [0.3, 0.4) is 0 Å². The molecule has 0 aliphatic carbocycles. The van der Waals surface area contributed by atoms with Crippen LogP contribution in [0.25, 0.3) is 0 Å². The Kier molecular flexibility index (Phi) is 4.04. The minimum absolute atomic E-state index is 0.103. The van der Waals surface area contributed by atoms with E-state index in [1.807, 2.05) is 0 Å². The molecule has 0 fully saturated rings. The van der Waals surface area contributed by atoms with Gasteiger partial charge in [0.15, 0.2) is 0 Å². The molecule has 0 amide bonds. The van der Waals surface area contributed by atoms with Crippen molar-refractivity contribution in [3.63, 3.8) is 0 Å². The molecule has 2 rings (SSSR count). The van der Waals surface area contributed by atoms with Crippen molar-refractivity contribution in [1.82, 2.24) is 0 Å². The molecule has 18 heavy (non-hydrogen) atoms. The topological polar surface area (TPSA) is 9.23 Å². The average Bonchev–Trinajstić information content (AvgIpc) is 2.34. The molecule has 0 aromatic heterocycles. The lowest BCUT2D eigenvalue weighted by molar-refractivity contribution is 0.474. The van der Waals surface area contributed by atoms with Gasteiger partial charge in [-0.3, -0.25) is 0 Å². The highest BCUT2D eigenvalue weighted by molar-refractivity contribution is 6.32. The maximum absolute atomic E-state index is 13.0. The second-order valence-electron chi connectivity index (χ2n) is 3.56. The molecule has 0 aliphatic heterocycles. The Morgan fingerprint density at radius 2 is 1.56 bits per heavy atom. The lowest BCUT2D eigenvalue weighted by atomic mass is 10.2. The lowest BCUT2D eigenvalue weighted by Gasteiger charge is -2.10. The second kappa shape index (κ2) is 5.55. The zero-order valence-corrected chi connectivity index (χ0v) is 10.6. The fourth-order valence-electron chi connectivity index (χ4n) is 1.43. The molecule has 0 saturated heterocycles. The first kappa shape index (κ1) is 13.1. The number of benzene rings is 2. The van der Waals surface area contributed by atoms with Crippen LogP contribution >= 0.6 is 23.2 Å². The van der Waals surface area contributed by atoms with Gasteiger partial charge >= 0.3 is 0 Å². The molecule has 1 nitrogen and oxygen atoms in total. The summed E-state index contributed by atoms with van der Waals surface area (Å²) in [6, 6.07) is 7.75. The minimum Gasteiger partial charge on any atom is -0.455 e. The van der Waals surface area contributed by atoms with E-state index in [1.54, 1.807) is 0 Å². The Balaban J connectivity index is 2.33. The molecule has 0 unspecified atom stereocenters. The predicted octanol–water partition coefficient (Wildman–Crippen LogP) is 5.15.